The first-order valence-electron chi connectivity index (χ1n) is 5.53. The molecule has 0 saturated heterocycles. The van der Waals surface area contributed by atoms with Crippen molar-refractivity contribution in [3.8, 4) is 0 Å². The third-order valence-corrected chi connectivity index (χ3v) is 2.48. The number of carbonyl (C=O) groups excluding carboxylic acids is 1. The van der Waals surface area contributed by atoms with Crippen molar-refractivity contribution in [2.75, 3.05) is 0 Å². The Morgan fingerprint density at radius 2 is 2.47 bits per heavy atom. The summed E-state index contributed by atoms with van der Waals surface area (Å²) in [5.41, 5.74) is 1.29. The van der Waals surface area contributed by atoms with Crippen LogP contribution in [-0.4, -0.2) is 11.9 Å². The molecule has 0 bridgehead atoms. The van der Waals surface area contributed by atoms with Crippen LogP contribution in [0, 0.1) is 0 Å². The van der Waals surface area contributed by atoms with Crippen molar-refractivity contribution in [3.05, 3.63) is 36.5 Å². The zero-order chi connectivity index (χ0) is 11.1. The smallest absolute Gasteiger partial charge is 0.220 e. The van der Waals surface area contributed by atoms with E-state index in [0.29, 0.717) is 6.42 Å². The quantitative estimate of drug-likeness (QED) is 0.687. The lowest BCUT2D eigenvalue weighted by atomic mass is 10.00. The lowest BCUT2D eigenvalue weighted by molar-refractivity contribution is -0.121. The van der Waals surface area contributed by atoms with Gasteiger partial charge in [-0.2, -0.15) is 0 Å². The minimum Gasteiger partial charge on any atom is -0.350 e. The van der Waals surface area contributed by atoms with Crippen LogP contribution in [-0.2, 0) is 4.79 Å². The van der Waals surface area contributed by atoms with Crippen molar-refractivity contribution in [2.24, 2.45) is 0 Å². The minimum atomic E-state index is 0.0615. The molecule has 0 aromatic carbocycles. The molecule has 0 spiro atoms. The van der Waals surface area contributed by atoms with Crippen molar-refractivity contribution < 1.29 is 4.79 Å². The van der Waals surface area contributed by atoms with Crippen molar-refractivity contribution in [1.82, 2.24) is 5.32 Å². The molecule has 0 aromatic rings. The van der Waals surface area contributed by atoms with Gasteiger partial charge in [-0.25, -0.2) is 0 Å². The number of allylic oxidation sites excluding steroid dienone is 3. The summed E-state index contributed by atoms with van der Waals surface area (Å²) in [4.78, 5) is 11.2. The highest BCUT2D eigenvalue weighted by molar-refractivity contribution is 5.76. The second-order valence-corrected chi connectivity index (χ2v) is 3.73. The molecule has 1 N–H and O–H groups in total. The van der Waals surface area contributed by atoms with Gasteiger partial charge in [0, 0.05) is 6.42 Å². The Hall–Kier alpha value is -1.31. The molecule has 1 amide bonds. The Kier molecular flexibility index (Phi) is 4.88. The van der Waals surface area contributed by atoms with Gasteiger partial charge in [0.25, 0.3) is 0 Å². The molecular weight excluding hydrogens is 186 g/mol. The van der Waals surface area contributed by atoms with Gasteiger partial charge in [-0.15, -0.1) is 6.58 Å². The molecule has 1 unspecified atom stereocenters. The summed E-state index contributed by atoms with van der Waals surface area (Å²) in [5.74, 6) is 0.0836. The lowest BCUT2D eigenvalue weighted by Gasteiger charge is -2.16. The summed E-state index contributed by atoms with van der Waals surface area (Å²) >= 11 is 0. The molecule has 0 radical (unpaired) electrons. The van der Waals surface area contributed by atoms with Gasteiger partial charge in [0.15, 0.2) is 0 Å². The minimum absolute atomic E-state index is 0.0615. The number of nitrogens with one attached hydrogen (secondary N) is 1. The molecule has 2 heteroatoms. The van der Waals surface area contributed by atoms with Crippen LogP contribution in [0.25, 0.3) is 0 Å². The topological polar surface area (TPSA) is 29.1 Å². The highest BCUT2D eigenvalue weighted by Crippen LogP contribution is 2.15. The normalized spacial score (nSPS) is 16.7. The first-order chi connectivity index (χ1) is 7.26. The highest BCUT2D eigenvalue weighted by Gasteiger charge is 2.09. The third kappa shape index (κ3) is 4.15. The summed E-state index contributed by atoms with van der Waals surface area (Å²) in [6.07, 6.45) is 12.0. The van der Waals surface area contributed by atoms with E-state index in [4.69, 9.17) is 0 Å². The number of hydrogen-bond donors (Lipinski definition) is 1. The van der Waals surface area contributed by atoms with E-state index in [1.807, 2.05) is 6.92 Å². The van der Waals surface area contributed by atoms with E-state index < -0.39 is 0 Å². The Bertz CT molecular complexity index is 289. The molecule has 1 rings (SSSR count). The predicted octanol–water partition coefficient (Wildman–Crippen LogP) is 2.73. The summed E-state index contributed by atoms with van der Waals surface area (Å²) < 4.78 is 0. The van der Waals surface area contributed by atoms with E-state index in [1.54, 1.807) is 6.08 Å². The average Bonchev–Trinajstić information content (AvgIpc) is 2.29. The van der Waals surface area contributed by atoms with Gasteiger partial charge in [-0.1, -0.05) is 31.2 Å². The van der Waals surface area contributed by atoms with E-state index in [0.717, 1.165) is 19.3 Å². The fourth-order valence-corrected chi connectivity index (χ4v) is 1.58. The molecule has 0 saturated carbocycles. The van der Waals surface area contributed by atoms with Crippen molar-refractivity contribution >= 4 is 5.91 Å². The molecule has 1 aliphatic rings. The van der Waals surface area contributed by atoms with Crippen molar-refractivity contribution in [1.29, 1.82) is 0 Å². The van der Waals surface area contributed by atoms with Crippen LogP contribution in [0.15, 0.2) is 36.5 Å². The summed E-state index contributed by atoms with van der Waals surface area (Å²) in [6.45, 7) is 5.60. The fourth-order valence-electron chi connectivity index (χ4n) is 1.58. The Balaban J connectivity index is 2.46. The number of hydrogen-bond acceptors (Lipinski definition) is 1. The van der Waals surface area contributed by atoms with E-state index in [2.05, 4.69) is 30.1 Å². The molecule has 0 fully saturated rings. The van der Waals surface area contributed by atoms with Crippen LogP contribution >= 0.6 is 0 Å². The van der Waals surface area contributed by atoms with Crippen LogP contribution in [0.5, 0.6) is 0 Å². The Morgan fingerprint density at radius 3 is 3.00 bits per heavy atom. The zero-order valence-corrected chi connectivity index (χ0v) is 9.33. The standard InChI is InChI=1S/C13H19NO/c1-3-12(14-13(15)4-2)10-11-8-6-5-7-9-11/h3,6,8-9,12H,1,4-5,7,10H2,2H3,(H,14,15). The number of carbonyl (C=O) groups is 1. The van der Waals surface area contributed by atoms with Crippen LogP contribution in [0.3, 0.4) is 0 Å². The van der Waals surface area contributed by atoms with Gasteiger partial charge >= 0.3 is 0 Å². The Labute approximate surface area is 91.8 Å². The predicted molar refractivity (Wildman–Crippen MR) is 63.5 cm³/mol. The molecule has 15 heavy (non-hydrogen) atoms. The highest BCUT2D eigenvalue weighted by atomic mass is 16.1. The van der Waals surface area contributed by atoms with Crippen LogP contribution < -0.4 is 5.32 Å². The van der Waals surface area contributed by atoms with Crippen molar-refractivity contribution in [3.63, 3.8) is 0 Å². The van der Waals surface area contributed by atoms with E-state index in [1.165, 1.54) is 5.57 Å². The second-order valence-electron chi connectivity index (χ2n) is 3.73. The second kappa shape index (κ2) is 6.23. The van der Waals surface area contributed by atoms with Gasteiger partial charge in [0.05, 0.1) is 6.04 Å². The molecule has 0 aromatic heterocycles. The fraction of sp³-hybridized carbons (Fsp3) is 0.462. The van der Waals surface area contributed by atoms with Gasteiger partial charge in [-0.3, -0.25) is 4.79 Å². The van der Waals surface area contributed by atoms with E-state index in [9.17, 15) is 4.79 Å². The van der Waals surface area contributed by atoms with Gasteiger partial charge < -0.3 is 5.32 Å². The summed E-state index contributed by atoms with van der Waals surface area (Å²) in [7, 11) is 0. The maximum absolute atomic E-state index is 11.2. The van der Waals surface area contributed by atoms with Crippen LogP contribution in [0.4, 0.5) is 0 Å². The van der Waals surface area contributed by atoms with Crippen LogP contribution in [0.2, 0.25) is 0 Å². The molecule has 2 nitrogen and oxygen atoms in total. The first-order valence-corrected chi connectivity index (χ1v) is 5.53. The molecular formula is C13H19NO. The van der Waals surface area contributed by atoms with E-state index >= 15 is 0 Å². The van der Waals surface area contributed by atoms with E-state index in [-0.39, 0.29) is 11.9 Å². The Morgan fingerprint density at radius 1 is 1.67 bits per heavy atom. The first kappa shape index (κ1) is 11.8. The molecule has 82 valence electrons. The van der Waals surface area contributed by atoms with Gasteiger partial charge in [-0.05, 0) is 24.8 Å². The summed E-state index contributed by atoms with van der Waals surface area (Å²) in [6, 6.07) is 0.0615. The lowest BCUT2D eigenvalue weighted by Crippen LogP contribution is -2.32. The monoisotopic (exact) mass is 205 g/mol. The van der Waals surface area contributed by atoms with Crippen molar-refractivity contribution in [2.45, 2.75) is 38.6 Å². The van der Waals surface area contributed by atoms with Gasteiger partial charge in [0.2, 0.25) is 5.91 Å². The van der Waals surface area contributed by atoms with Crippen LogP contribution in [0.1, 0.15) is 32.6 Å². The number of amides is 1. The molecule has 1 aliphatic carbocycles. The molecule has 0 heterocycles. The SMILES string of the molecule is C=CC(CC1=CCCC=C1)NC(=O)CC. The zero-order valence-electron chi connectivity index (χ0n) is 9.33. The molecule has 0 aliphatic heterocycles. The maximum atomic E-state index is 11.2. The van der Waals surface area contributed by atoms with Gasteiger partial charge in [0.1, 0.15) is 0 Å². The summed E-state index contributed by atoms with van der Waals surface area (Å²) in [5, 5.41) is 2.93. The largest absolute Gasteiger partial charge is 0.350 e. The average molecular weight is 205 g/mol. The number of rotatable bonds is 5. The maximum Gasteiger partial charge on any atom is 0.220 e. The third-order valence-electron chi connectivity index (χ3n) is 2.48. The molecule has 1 atom stereocenters.